The summed E-state index contributed by atoms with van der Waals surface area (Å²) in [5.41, 5.74) is -18.1. The van der Waals surface area contributed by atoms with E-state index in [0.29, 0.717) is 0 Å². The molecule has 0 aromatic heterocycles. The van der Waals surface area contributed by atoms with Crippen LogP contribution in [0.25, 0.3) is 33.4 Å². The minimum absolute atomic E-state index is 0.609. The van der Waals surface area contributed by atoms with Crippen molar-refractivity contribution in [3.8, 4) is 33.4 Å². The van der Waals surface area contributed by atoms with Crippen LogP contribution in [-0.4, -0.2) is 13.1 Å². The van der Waals surface area contributed by atoms with Crippen LogP contribution in [0.1, 0.15) is 0 Å². The van der Waals surface area contributed by atoms with Gasteiger partial charge in [0.05, 0.1) is 33.4 Å². The predicted octanol–water partition coefficient (Wildman–Crippen LogP) is 11.5. The third-order valence-corrected chi connectivity index (χ3v) is 15.0. The summed E-state index contributed by atoms with van der Waals surface area (Å²) in [6.45, 7) is 0. The molecule has 0 aliphatic carbocycles. The van der Waals surface area contributed by atoms with Crippen LogP contribution in [0.5, 0.6) is 0 Å². The van der Waals surface area contributed by atoms with E-state index in [2.05, 4.69) is 0 Å². The maximum Gasteiger partial charge on any atom is 0.259 e. The SMILES string of the molecule is [CH3][Al-]([c]1c(F)c(F)c(-c2c(F)c(F)c(F)c(F)c2F)c(F)c1F)([c]1c(F)c(F)c(-c2c(F)c(F)c(F)c(F)c2F)c(F)c1F)[c]1c(F)c(F)c(-c2c(F)c(F)c(F)c(F)c2F)c(F)c1F. The van der Waals surface area contributed by atoms with Gasteiger partial charge in [-0.2, -0.15) is 5.79 Å². The van der Waals surface area contributed by atoms with Gasteiger partial charge in [-0.3, -0.25) is 0 Å². The first-order valence-corrected chi connectivity index (χ1v) is 19.2. The van der Waals surface area contributed by atoms with Crippen molar-refractivity contribution < 1.29 is 119 Å². The second-order valence-electron chi connectivity index (χ2n) is 13.3. The highest BCUT2D eigenvalue weighted by Gasteiger charge is 2.49. The largest absolute Gasteiger partial charge is 0.259 e. The van der Waals surface area contributed by atoms with E-state index in [1.165, 1.54) is 0 Å². The predicted molar refractivity (Wildman–Crippen MR) is 165 cm³/mol. The minimum atomic E-state index is -8.23. The standard InChI is InChI=1S/3C12F9.CH3.Al/c3*13-2-1-3(14)7(16)4(6(2)15)5-8(17)10(19)12(21)11(20)9(5)18;;/h;;;1H3;/q;;;;-1. The van der Waals surface area contributed by atoms with Crippen molar-refractivity contribution in [3.05, 3.63) is 157 Å². The first-order chi connectivity index (χ1) is 30.0. The van der Waals surface area contributed by atoms with Gasteiger partial charge in [0, 0.05) is 0 Å². The highest BCUT2D eigenvalue weighted by Crippen LogP contribution is 2.41. The zero-order chi connectivity index (χ0) is 49.3. The van der Waals surface area contributed by atoms with E-state index in [1.54, 1.807) is 0 Å². The summed E-state index contributed by atoms with van der Waals surface area (Å²) >= 11 is -8.23. The van der Waals surface area contributed by atoms with Gasteiger partial charge >= 0.3 is 0 Å². The molecule has 0 fully saturated rings. The first-order valence-electron chi connectivity index (χ1n) is 16.3. The Morgan fingerprint density at radius 1 is 0.154 bits per heavy atom. The lowest BCUT2D eigenvalue weighted by atomic mass is 10.0. The Hall–Kier alpha value is -6.04. The van der Waals surface area contributed by atoms with Crippen LogP contribution in [0.3, 0.4) is 0 Å². The number of hydrogen-bond donors (Lipinski definition) is 0. The average molecular weight is 987 g/mol. The maximum atomic E-state index is 16.3. The van der Waals surface area contributed by atoms with Crippen molar-refractivity contribution in [2.75, 3.05) is 0 Å². The molecule has 6 aromatic carbocycles. The van der Waals surface area contributed by atoms with Gasteiger partial charge in [0.1, 0.15) is 34.9 Å². The second-order valence-corrected chi connectivity index (χ2v) is 17.6. The lowest BCUT2D eigenvalue weighted by molar-refractivity contribution is 0.379. The summed E-state index contributed by atoms with van der Waals surface area (Å²) in [5, 5.41) is 0. The highest BCUT2D eigenvalue weighted by atomic mass is 27.2. The Balaban J connectivity index is 1.88. The molecule has 0 atom stereocenters. The monoisotopic (exact) mass is 987 g/mol. The highest BCUT2D eigenvalue weighted by molar-refractivity contribution is 7.11. The molecule has 0 saturated carbocycles. The van der Waals surface area contributed by atoms with Crippen LogP contribution in [0, 0.1) is 157 Å². The van der Waals surface area contributed by atoms with Crippen LogP contribution in [0.4, 0.5) is 119 Å². The molecule has 0 amide bonds. The zero-order valence-electron chi connectivity index (χ0n) is 29.8. The fourth-order valence-corrected chi connectivity index (χ4v) is 11.7. The van der Waals surface area contributed by atoms with E-state index in [0.717, 1.165) is 0 Å². The molecule has 0 aliphatic rings. The number of halogens is 27. The Morgan fingerprint density at radius 3 is 0.369 bits per heavy atom. The molecule has 28 heteroatoms. The van der Waals surface area contributed by atoms with Crippen molar-refractivity contribution >= 4 is 26.4 Å². The summed E-state index contributed by atoms with van der Waals surface area (Å²) < 4.78 is 397. The van der Waals surface area contributed by atoms with Gasteiger partial charge in [0.15, 0.2) is 105 Å². The summed E-state index contributed by atoms with van der Waals surface area (Å²) in [4.78, 5) is 0. The smallest absolute Gasteiger partial charge is 0.208 e. The molecule has 6 aromatic rings. The quantitative estimate of drug-likeness (QED) is 0.0675. The van der Waals surface area contributed by atoms with E-state index in [1.807, 2.05) is 0 Å². The lowest BCUT2D eigenvalue weighted by Crippen LogP contribution is -2.71. The van der Waals surface area contributed by atoms with E-state index < -0.39 is 223 Å². The van der Waals surface area contributed by atoms with Gasteiger partial charge < -0.3 is 0 Å². The molecule has 0 spiro atoms. The fraction of sp³-hybridized carbons (Fsp3) is 0.0270. The molecule has 0 bridgehead atoms. The molecule has 0 heterocycles. The maximum absolute atomic E-state index is 16.3. The molecule has 0 radical (unpaired) electrons. The number of rotatable bonds is 6. The number of benzene rings is 6. The Bertz CT molecular complexity index is 2640. The second kappa shape index (κ2) is 16.1. The van der Waals surface area contributed by atoms with Gasteiger partial charge in [0.2, 0.25) is 17.5 Å². The van der Waals surface area contributed by atoms with Gasteiger partial charge in [-0.1, -0.05) is 0 Å². The Kier molecular flexibility index (Phi) is 12.0. The molecule has 0 saturated heterocycles. The van der Waals surface area contributed by atoms with E-state index in [4.69, 9.17) is 0 Å². The van der Waals surface area contributed by atoms with Gasteiger partial charge in [-0.05, 0) is 0 Å². The molecule has 344 valence electrons. The molecule has 65 heavy (non-hydrogen) atoms. The Labute approximate surface area is 341 Å². The molecule has 0 nitrogen and oxygen atoms in total. The van der Waals surface area contributed by atoms with Crippen molar-refractivity contribution in [2.45, 2.75) is 5.79 Å². The first kappa shape index (κ1) is 48.4. The van der Waals surface area contributed by atoms with Crippen LogP contribution >= 0.6 is 0 Å². The number of hydrogen-bond acceptors (Lipinski definition) is 0. The summed E-state index contributed by atoms with van der Waals surface area (Å²) in [7, 11) is 0. The lowest BCUT2D eigenvalue weighted by Gasteiger charge is -2.38. The molecule has 6 rings (SSSR count). The van der Waals surface area contributed by atoms with E-state index in [-0.39, 0.29) is 0 Å². The summed E-state index contributed by atoms with van der Waals surface area (Å²) in [6, 6.07) is 0. The molecular formula is C37H3AlF27-. The van der Waals surface area contributed by atoms with Crippen molar-refractivity contribution in [1.82, 2.24) is 0 Å². The van der Waals surface area contributed by atoms with Crippen molar-refractivity contribution in [2.24, 2.45) is 0 Å². The average Bonchev–Trinajstić information content (AvgIpc) is 3.26. The van der Waals surface area contributed by atoms with Crippen LogP contribution < -0.4 is 13.3 Å². The molecule has 0 unspecified atom stereocenters. The molecule has 0 aliphatic heterocycles. The summed E-state index contributed by atoms with van der Waals surface area (Å²) in [6.07, 6.45) is 0. The van der Waals surface area contributed by atoms with Crippen LogP contribution in [0.2, 0.25) is 5.79 Å². The topological polar surface area (TPSA) is 0 Å². The molecule has 0 N–H and O–H groups in total. The van der Waals surface area contributed by atoms with Crippen molar-refractivity contribution in [1.29, 1.82) is 0 Å². The molecular weight excluding hydrogens is 984 g/mol. The minimum Gasteiger partial charge on any atom is -0.208 e. The van der Waals surface area contributed by atoms with Crippen LogP contribution in [-0.2, 0) is 0 Å². The third kappa shape index (κ3) is 6.43. The van der Waals surface area contributed by atoms with Gasteiger partial charge in [-0.15, -0.1) is 13.3 Å². The zero-order valence-corrected chi connectivity index (χ0v) is 30.9. The fourth-order valence-electron chi connectivity index (χ4n) is 7.03. The van der Waals surface area contributed by atoms with E-state index in [9.17, 15) is 65.9 Å². The third-order valence-electron chi connectivity index (χ3n) is 10.0. The van der Waals surface area contributed by atoms with Crippen LogP contribution in [0.15, 0.2) is 0 Å². The van der Waals surface area contributed by atoms with Gasteiger partial charge in [0.25, 0.3) is 13.1 Å². The van der Waals surface area contributed by atoms with Crippen molar-refractivity contribution in [3.63, 3.8) is 0 Å². The Morgan fingerprint density at radius 2 is 0.246 bits per heavy atom. The van der Waals surface area contributed by atoms with Gasteiger partial charge in [-0.25, -0.2) is 119 Å². The summed E-state index contributed by atoms with van der Waals surface area (Å²) in [5.74, 6) is -92.1. The van der Waals surface area contributed by atoms with E-state index >= 15 is 52.7 Å². The normalized spacial score (nSPS) is 12.0.